The maximum atomic E-state index is 12.3. The Hall–Kier alpha value is -1.65. The minimum absolute atomic E-state index is 0.0115. The highest BCUT2D eigenvalue weighted by Crippen LogP contribution is 2.29. The van der Waals surface area contributed by atoms with Crippen molar-refractivity contribution in [2.24, 2.45) is 11.8 Å². The Bertz CT molecular complexity index is 659. The molecule has 1 aromatic heterocycles. The molecule has 0 bridgehead atoms. The molecule has 0 saturated carbocycles. The summed E-state index contributed by atoms with van der Waals surface area (Å²) in [6.07, 6.45) is 1.70. The fourth-order valence-corrected chi connectivity index (χ4v) is 2.85. The minimum atomic E-state index is 0.0115. The molecule has 1 aliphatic heterocycles. The van der Waals surface area contributed by atoms with Gasteiger partial charge in [0.25, 0.3) is 0 Å². The fourth-order valence-electron chi connectivity index (χ4n) is 2.63. The number of halogens is 1. The molecule has 1 aromatic carbocycles. The van der Waals surface area contributed by atoms with E-state index in [-0.39, 0.29) is 11.8 Å². The molecule has 2 heterocycles. The highest BCUT2D eigenvalue weighted by Gasteiger charge is 2.29. The molecule has 3 rings (SSSR count). The number of carbonyl (C=O) groups excluding carboxylic acids is 1. The predicted octanol–water partition coefficient (Wildman–Crippen LogP) is 2.68. The molecule has 0 radical (unpaired) electrons. The first-order chi connectivity index (χ1) is 9.66. The van der Waals surface area contributed by atoms with Crippen LogP contribution in [-0.4, -0.2) is 24.0 Å². The number of pyridine rings is 1. The Labute approximate surface area is 122 Å². The van der Waals surface area contributed by atoms with E-state index < -0.39 is 0 Å². The summed E-state index contributed by atoms with van der Waals surface area (Å²) >= 11 is 6.13. The molecule has 2 atom stereocenters. The van der Waals surface area contributed by atoms with Crippen LogP contribution in [0.15, 0.2) is 30.5 Å². The second-order valence-electron chi connectivity index (χ2n) is 5.23. The van der Waals surface area contributed by atoms with Gasteiger partial charge < -0.3 is 10.6 Å². The maximum Gasteiger partial charge on any atom is 0.229 e. The molecular formula is C15H16ClN3O. The number of rotatable bonds is 2. The number of benzene rings is 1. The number of amides is 1. The van der Waals surface area contributed by atoms with Crippen LogP contribution in [0.2, 0.25) is 5.02 Å². The molecule has 4 nitrogen and oxygen atoms in total. The van der Waals surface area contributed by atoms with E-state index in [1.54, 1.807) is 12.3 Å². The number of nitrogens with zero attached hydrogens (tertiary/aromatic N) is 1. The lowest BCUT2D eigenvalue weighted by Crippen LogP contribution is -2.27. The number of aromatic nitrogens is 1. The van der Waals surface area contributed by atoms with Gasteiger partial charge in [0.1, 0.15) is 0 Å². The SMILES string of the molecule is C[C@@H]1CNC[C@H]1C(=O)Nc1ccc(Cl)c2ncccc12. The molecule has 1 saturated heterocycles. The molecule has 0 unspecified atom stereocenters. The maximum absolute atomic E-state index is 12.3. The molecular weight excluding hydrogens is 274 g/mol. The van der Waals surface area contributed by atoms with Gasteiger partial charge in [0.2, 0.25) is 5.91 Å². The normalized spacial score (nSPS) is 22.1. The van der Waals surface area contributed by atoms with Crippen molar-refractivity contribution in [2.45, 2.75) is 6.92 Å². The molecule has 0 spiro atoms. The summed E-state index contributed by atoms with van der Waals surface area (Å²) in [5, 5.41) is 7.71. The Balaban J connectivity index is 1.91. The van der Waals surface area contributed by atoms with E-state index in [4.69, 9.17) is 11.6 Å². The molecule has 2 N–H and O–H groups in total. The quantitative estimate of drug-likeness (QED) is 0.894. The first-order valence-electron chi connectivity index (χ1n) is 6.71. The first kappa shape index (κ1) is 13.3. The van der Waals surface area contributed by atoms with Crippen LogP contribution in [0.25, 0.3) is 10.9 Å². The minimum Gasteiger partial charge on any atom is -0.325 e. The number of nitrogens with one attached hydrogen (secondary N) is 2. The van der Waals surface area contributed by atoms with Crippen LogP contribution in [0.5, 0.6) is 0 Å². The zero-order chi connectivity index (χ0) is 14.1. The van der Waals surface area contributed by atoms with Gasteiger partial charge in [-0.05, 0) is 36.7 Å². The summed E-state index contributed by atoms with van der Waals surface area (Å²) in [6, 6.07) is 7.36. The number of carbonyl (C=O) groups is 1. The van der Waals surface area contributed by atoms with Crippen molar-refractivity contribution in [3.63, 3.8) is 0 Å². The van der Waals surface area contributed by atoms with Crippen LogP contribution in [0, 0.1) is 11.8 Å². The second kappa shape index (κ2) is 5.38. The van der Waals surface area contributed by atoms with E-state index in [1.165, 1.54) is 0 Å². The Morgan fingerprint density at radius 3 is 3.00 bits per heavy atom. The second-order valence-corrected chi connectivity index (χ2v) is 5.63. The third-order valence-corrected chi connectivity index (χ3v) is 4.14. The van der Waals surface area contributed by atoms with E-state index in [0.29, 0.717) is 16.5 Å². The lowest BCUT2D eigenvalue weighted by molar-refractivity contribution is -0.120. The topological polar surface area (TPSA) is 54.0 Å². The molecule has 1 aliphatic rings. The molecule has 104 valence electrons. The number of hydrogen-bond donors (Lipinski definition) is 2. The van der Waals surface area contributed by atoms with Crippen LogP contribution < -0.4 is 10.6 Å². The first-order valence-corrected chi connectivity index (χ1v) is 7.09. The largest absolute Gasteiger partial charge is 0.325 e. The number of fused-ring (bicyclic) bond motifs is 1. The van der Waals surface area contributed by atoms with Gasteiger partial charge in [-0.1, -0.05) is 18.5 Å². The van der Waals surface area contributed by atoms with Crippen LogP contribution >= 0.6 is 11.6 Å². The molecule has 1 amide bonds. The van der Waals surface area contributed by atoms with Crippen LogP contribution in [0.3, 0.4) is 0 Å². The van der Waals surface area contributed by atoms with E-state index in [9.17, 15) is 4.79 Å². The van der Waals surface area contributed by atoms with Crippen molar-refractivity contribution in [3.8, 4) is 0 Å². The lowest BCUT2D eigenvalue weighted by Gasteiger charge is -2.15. The zero-order valence-corrected chi connectivity index (χ0v) is 11.9. The van der Waals surface area contributed by atoms with Gasteiger partial charge in [-0.25, -0.2) is 0 Å². The Morgan fingerprint density at radius 1 is 1.40 bits per heavy atom. The average Bonchev–Trinajstić information content (AvgIpc) is 2.88. The smallest absolute Gasteiger partial charge is 0.229 e. The van der Waals surface area contributed by atoms with Gasteiger partial charge in [0, 0.05) is 18.1 Å². The molecule has 2 aromatic rings. The highest BCUT2D eigenvalue weighted by atomic mass is 35.5. The van der Waals surface area contributed by atoms with Crippen molar-refractivity contribution in [1.29, 1.82) is 0 Å². The van der Waals surface area contributed by atoms with Crippen LogP contribution in [0.1, 0.15) is 6.92 Å². The van der Waals surface area contributed by atoms with E-state index in [2.05, 4.69) is 22.5 Å². The molecule has 1 fully saturated rings. The van der Waals surface area contributed by atoms with E-state index >= 15 is 0 Å². The zero-order valence-electron chi connectivity index (χ0n) is 11.2. The van der Waals surface area contributed by atoms with Gasteiger partial charge in [-0.2, -0.15) is 0 Å². The van der Waals surface area contributed by atoms with Gasteiger partial charge in [0.05, 0.1) is 22.1 Å². The predicted molar refractivity (Wildman–Crippen MR) is 80.9 cm³/mol. The molecule has 0 aliphatic carbocycles. The summed E-state index contributed by atoms with van der Waals surface area (Å²) in [6.45, 7) is 3.71. The fraction of sp³-hybridized carbons (Fsp3) is 0.333. The van der Waals surface area contributed by atoms with Crippen molar-refractivity contribution < 1.29 is 4.79 Å². The van der Waals surface area contributed by atoms with Gasteiger partial charge in [-0.3, -0.25) is 9.78 Å². The number of anilines is 1. The standard InChI is InChI=1S/C15H16ClN3O/c1-9-7-17-8-11(9)15(20)19-13-5-4-12(16)14-10(13)3-2-6-18-14/h2-6,9,11,17H,7-8H2,1H3,(H,19,20)/t9-,11-/m1/s1. The average molecular weight is 290 g/mol. The summed E-state index contributed by atoms with van der Waals surface area (Å²) in [7, 11) is 0. The number of hydrogen-bond acceptors (Lipinski definition) is 3. The highest BCUT2D eigenvalue weighted by molar-refractivity contribution is 6.35. The van der Waals surface area contributed by atoms with Gasteiger partial charge in [0.15, 0.2) is 0 Å². The van der Waals surface area contributed by atoms with Gasteiger partial charge >= 0.3 is 0 Å². The van der Waals surface area contributed by atoms with E-state index in [1.807, 2.05) is 18.2 Å². The van der Waals surface area contributed by atoms with Crippen molar-refractivity contribution in [2.75, 3.05) is 18.4 Å². The summed E-state index contributed by atoms with van der Waals surface area (Å²) < 4.78 is 0. The Morgan fingerprint density at radius 2 is 2.25 bits per heavy atom. The summed E-state index contributed by atoms with van der Waals surface area (Å²) in [5.41, 5.74) is 1.48. The summed E-state index contributed by atoms with van der Waals surface area (Å²) in [5.74, 6) is 0.416. The summed E-state index contributed by atoms with van der Waals surface area (Å²) in [4.78, 5) is 16.6. The third kappa shape index (κ3) is 2.37. The van der Waals surface area contributed by atoms with E-state index in [0.717, 1.165) is 24.2 Å². The van der Waals surface area contributed by atoms with Crippen molar-refractivity contribution >= 4 is 34.1 Å². The third-order valence-electron chi connectivity index (χ3n) is 3.83. The van der Waals surface area contributed by atoms with Crippen molar-refractivity contribution in [3.05, 3.63) is 35.5 Å². The lowest BCUT2D eigenvalue weighted by atomic mass is 9.97. The van der Waals surface area contributed by atoms with Gasteiger partial charge in [-0.15, -0.1) is 0 Å². The van der Waals surface area contributed by atoms with Crippen LogP contribution in [-0.2, 0) is 4.79 Å². The molecule has 5 heteroatoms. The Kier molecular flexibility index (Phi) is 3.59. The van der Waals surface area contributed by atoms with Crippen LogP contribution in [0.4, 0.5) is 5.69 Å². The monoisotopic (exact) mass is 289 g/mol. The molecule has 20 heavy (non-hydrogen) atoms. The van der Waals surface area contributed by atoms with Crippen molar-refractivity contribution in [1.82, 2.24) is 10.3 Å².